The van der Waals surface area contributed by atoms with Crippen molar-refractivity contribution in [3.8, 4) is 12.3 Å². The van der Waals surface area contributed by atoms with Crippen LogP contribution in [0.15, 0.2) is 30.3 Å². The lowest BCUT2D eigenvalue weighted by Crippen LogP contribution is -2.36. The van der Waals surface area contributed by atoms with Crippen LogP contribution < -0.4 is 0 Å². The van der Waals surface area contributed by atoms with Gasteiger partial charge in [-0.25, -0.2) is 0 Å². The van der Waals surface area contributed by atoms with Crippen LogP contribution in [0.2, 0.25) is 0 Å². The first-order valence-corrected chi connectivity index (χ1v) is 11.9. The zero-order valence-corrected chi connectivity index (χ0v) is 18.6. The Labute approximate surface area is 187 Å². The van der Waals surface area contributed by atoms with Gasteiger partial charge < -0.3 is 4.90 Å². The first-order valence-electron chi connectivity index (χ1n) is 11.9. The molecule has 1 aliphatic heterocycles. The summed E-state index contributed by atoms with van der Waals surface area (Å²) in [7, 11) is 0. The molecule has 0 bridgehead atoms. The lowest BCUT2D eigenvalue weighted by molar-refractivity contribution is -0.135. The van der Waals surface area contributed by atoms with Gasteiger partial charge in [0.25, 0.3) is 0 Å². The number of rotatable bonds is 3. The first-order chi connectivity index (χ1) is 15.1. The summed E-state index contributed by atoms with van der Waals surface area (Å²) in [5.41, 5.74) is 2.56. The van der Waals surface area contributed by atoms with Crippen LogP contribution in [0.5, 0.6) is 0 Å². The van der Waals surface area contributed by atoms with Crippen LogP contribution in [-0.4, -0.2) is 30.2 Å². The Bertz CT molecular complexity index is 1010. The van der Waals surface area contributed by atoms with Crippen LogP contribution in [0.1, 0.15) is 87.1 Å². The van der Waals surface area contributed by atoms with Crippen molar-refractivity contribution in [2.45, 2.75) is 64.2 Å². The molecule has 3 atom stereocenters. The molecule has 2 aromatic carbocycles. The van der Waals surface area contributed by atoms with Crippen molar-refractivity contribution >= 4 is 23.0 Å². The minimum atomic E-state index is 0. The molecule has 1 radical (unpaired) electrons. The fraction of sp³-hybridized carbons (Fsp3) is 0.500. The fourth-order valence-electron chi connectivity index (χ4n) is 5.50. The Hall–Kier alpha value is -2.60. The lowest BCUT2D eigenvalue weighted by atomic mass is 9.88. The number of likely N-dealkylation sites (tertiary alicyclic amines) is 1. The molecule has 3 unspecified atom stereocenters. The van der Waals surface area contributed by atoms with E-state index in [2.05, 4.69) is 29.9 Å². The predicted molar refractivity (Wildman–Crippen MR) is 127 cm³/mol. The van der Waals surface area contributed by atoms with Gasteiger partial charge in [-0.1, -0.05) is 43.5 Å². The van der Waals surface area contributed by atoms with E-state index in [-0.39, 0.29) is 7.34 Å². The zero-order chi connectivity index (χ0) is 21.8. The SMILES string of the molecule is C#Cc1ccc2cc(C3CCCC(C(=O)N4CCCC(C)CC4)CC3)ccc2c1C=O.[H]. The normalized spacial score (nSPS) is 24.8. The highest BCUT2D eigenvalue weighted by Crippen LogP contribution is 2.36. The number of terminal acetylenes is 1. The zero-order valence-electron chi connectivity index (χ0n) is 19.6. The van der Waals surface area contributed by atoms with Gasteiger partial charge in [0.1, 0.15) is 0 Å². The molecule has 0 N–H and O–H groups in total. The number of hydrogen-bond acceptors (Lipinski definition) is 2. The van der Waals surface area contributed by atoms with Gasteiger partial charge in [0.05, 0.1) is 0 Å². The summed E-state index contributed by atoms with van der Waals surface area (Å²) in [5.74, 6) is 4.39. The van der Waals surface area contributed by atoms with Crippen molar-refractivity contribution in [2.24, 2.45) is 11.8 Å². The van der Waals surface area contributed by atoms with Crippen molar-refractivity contribution in [1.29, 1.82) is 0 Å². The van der Waals surface area contributed by atoms with E-state index in [4.69, 9.17) is 6.42 Å². The molecular formula is C28H34NO2. The molecule has 1 aliphatic carbocycles. The maximum Gasteiger partial charge on any atom is 0.225 e. The quantitative estimate of drug-likeness (QED) is 0.346. The van der Waals surface area contributed by atoms with Crippen LogP contribution in [0.4, 0.5) is 0 Å². The summed E-state index contributed by atoms with van der Waals surface area (Å²) in [6, 6.07) is 10.3. The number of carbonyl (C=O) groups excluding carboxylic acids is 2. The highest BCUT2D eigenvalue weighted by molar-refractivity contribution is 6.00. The molecule has 2 aliphatic rings. The molecule has 0 aromatic heterocycles. The molecule has 3 heteroatoms. The molecule has 2 fully saturated rings. The molecule has 1 amide bonds. The second-order valence-corrected chi connectivity index (χ2v) is 9.53. The molecule has 1 saturated heterocycles. The first kappa shape index (κ1) is 21.6. The van der Waals surface area contributed by atoms with E-state index in [0.717, 1.165) is 81.0 Å². The molecule has 31 heavy (non-hydrogen) atoms. The number of aldehydes is 1. The second-order valence-electron chi connectivity index (χ2n) is 9.53. The third-order valence-electron chi connectivity index (χ3n) is 7.48. The minimum absolute atomic E-state index is 0. The van der Waals surface area contributed by atoms with Gasteiger partial charge in [0.15, 0.2) is 6.29 Å². The van der Waals surface area contributed by atoms with E-state index in [9.17, 15) is 9.59 Å². The van der Waals surface area contributed by atoms with Crippen LogP contribution in [0.3, 0.4) is 0 Å². The number of carbonyl (C=O) groups is 2. The molecule has 2 aromatic rings. The smallest absolute Gasteiger partial charge is 0.225 e. The molecule has 163 valence electrons. The Morgan fingerprint density at radius 1 is 1.06 bits per heavy atom. The van der Waals surface area contributed by atoms with E-state index in [1.165, 1.54) is 12.0 Å². The predicted octanol–water partition coefficient (Wildman–Crippen LogP) is 6.06. The van der Waals surface area contributed by atoms with Crippen molar-refractivity contribution < 1.29 is 11.0 Å². The van der Waals surface area contributed by atoms with Crippen molar-refractivity contribution in [3.63, 3.8) is 0 Å². The van der Waals surface area contributed by atoms with E-state index in [0.29, 0.717) is 23.0 Å². The third kappa shape index (κ3) is 4.69. The average Bonchev–Trinajstić information content (AvgIpc) is 3.18. The van der Waals surface area contributed by atoms with Gasteiger partial charge in [-0.3, -0.25) is 9.59 Å². The number of nitrogens with zero attached hydrogens (tertiary/aromatic N) is 1. The van der Waals surface area contributed by atoms with E-state index in [1.807, 2.05) is 18.2 Å². The highest BCUT2D eigenvalue weighted by Gasteiger charge is 2.29. The summed E-state index contributed by atoms with van der Waals surface area (Å²) < 4.78 is 0. The molecule has 1 heterocycles. The topological polar surface area (TPSA) is 37.4 Å². The van der Waals surface area contributed by atoms with Crippen molar-refractivity contribution in [3.05, 3.63) is 47.0 Å². The van der Waals surface area contributed by atoms with Gasteiger partial charge in [0, 0.05) is 31.6 Å². The average molecular weight is 417 g/mol. The molecule has 1 saturated carbocycles. The molecule has 4 rings (SSSR count). The van der Waals surface area contributed by atoms with Crippen LogP contribution in [0, 0.1) is 24.2 Å². The van der Waals surface area contributed by atoms with Crippen LogP contribution in [0.25, 0.3) is 10.8 Å². The number of fused-ring (bicyclic) bond motifs is 1. The van der Waals surface area contributed by atoms with Gasteiger partial charge in [-0.15, -0.1) is 6.42 Å². The lowest BCUT2D eigenvalue weighted by Gasteiger charge is -2.25. The largest absolute Gasteiger partial charge is 0.342 e. The van der Waals surface area contributed by atoms with Gasteiger partial charge >= 0.3 is 0 Å². The van der Waals surface area contributed by atoms with Gasteiger partial charge in [-0.2, -0.15) is 0 Å². The van der Waals surface area contributed by atoms with Gasteiger partial charge in [-0.05, 0) is 79.2 Å². The Kier molecular flexibility index (Phi) is 6.76. The van der Waals surface area contributed by atoms with Gasteiger partial charge in [0.2, 0.25) is 5.91 Å². The molecule has 0 spiro atoms. The fourth-order valence-corrected chi connectivity index (χ4v) is 5.50. The second kappa shape index (κ2) is 9.69. The summed E-state index contributed by atoms with van der Waals surface area (Å²) in [5, 5.41) is 1.99. The monoisotopic (exact) mass is 416 g/mol. The number of benzene rings is 2. The Morgan fingerprint density at radius 2 is 1.94 bits per heavy atom. The van der Waals surface area contributed by atoms with E-state index in [1.54, 1.807) is 0 Å². The van der Waals surface area contributed by atoms with Crippen LogP contribution in [-0.2, 0) is 4.79 Å². The van der Waals surface area contributed by atoms with E-state index >= 15 is 0 Å². The maximum absolute atomic E-state index is 13.2. The van der Waals surface area contributed by atoms with Crippen molar-refractivity contribution in [1.82, 2.24) is 4.90 Å². The summed E-state index contributed by atoms with van der Waals surface area (Å²) in [4.78, 5) is 26.9. The van der Waals surface area contributed by atoms with E-state index < -0.39 is 0 Å². The number of amides is 1. The maximum atomic E-state index is 13.2. The van der Waals surface area contributed by atoms with Crippen LogP contribution >= 0.6 is 0 Å². The summed E-state index contributed by atoms with van der Waals surface area (Å²) in [6.07, 6.45) is 15.2. The Morgan fingerprint density at radius 3 is 2.74 bits per heavy atom. The highest BCUT2D eigenvalue weighted by atomic mass is 16.2. The Balaban J connectivity index is 0.00000289. The van der Waals surface area contributed by atoms with Crippen molar-refractivity contribution in [2.75, 3.05) is 13.1 Å². The molecular weight excluding hydrogens is 382 g/mol. The standard InChI is InChI=1S/C28H33NO2.H/c1-3-21-9-12-25-18-24(13-14-26(25)27(21)19-30)22-7-4-8-23(11-10-22)28(31)29-16-5-6-20(2)15-17-29;/h1,9,12-14,18-20,22-23H,4-8,10-11,15-17H2,2H3;. The third-order valence-corrected chi connectivity index (χ3v) is 7.48. The minimum Gasteiger partial charge on any atom is -0.342 e. The summed E-state index contributed by atoms with van der Waals surface area (Å²) >= 11 is 0. The number of hydrogen-bond donors (Lipinski definition) is 0. The molecule has 3 nitrogen and oxygen atoms in total. The summed E-state index contributed by atoms with van der Waals surface area (Å²) in [6.45, 7) is 4.18.